The summed E-state index contributed by atoms with van der Waals surface area (Å²) >= 11 is 0. The molecule has 0 aliphatic carbocycles. The van der Waals surface area contributed by atoms with Gasteiger partial charge in [-0.3, -0.25) is 0 Å². The van der Waals surface area contributed by atoms with E-state index in [-0.39, 0.29) is 11.9 Å². The first kappa shape index (κ1) is 14.7. The van der Waals surface area contributed by atoms with Gasteiger partial charge in [0.25, 0.3) is 0 Å². The molecule has 0 aliphatic heterocycles. The minimum absolute atomic E-state index is 0.111. The lowest BCUT2D eigenvalue weighted by Crippen LogP contribution is -2.07. The fraction of sp³-hybridized carbons (Fsp3) is 0.333. The molecule has 0 spiro atoms. The van der Waals surface area contributed by atoms with Crippen LogP contribution in [0.15, 0.2) is 36.4 Å². The summed E-state index contributed by atoms with van der Waals surface area (Å²) in [7, 11) is 0. The second-order valence-electron chi connectivity index (χ2n) is 5.22. The van der Waals surface area contributed by atoms with Gasteiger partial charge in [-0.2, -0.15) is 0 Å². The van der Waals surface area contributed by atoms with Crippen molar-refractivity contribution >= 4 is 0 Å². The Hall–Kier alpha value is -1.67. The highest BCUT2D eigenvalue weighted by molar-refractivity contribution is 5.72. The van der Waals surface area contributed by atoms with E-state index < -0.39 is 0 Å². The minimum atomic E-state index is -0.214. The maximum absolute atomic E-state index is 13.7. The van der Waals surface area contributed by atoms with Gasteiger partial charge in [0, 0.05) is 6.04 Å². The molecule has 0 bridgehead atoms. The Morgan fingerprint density at radius 2 is 1.75 bits per heavy atom. The van der Waals surface area contributed by atoms with E-state index in [0.717, 1.165) is 29.5 Å². The third-order valence-electron chi connectivity index (χ3n) is 3.76. The smallest absolute Gasteiger partial charge is 0.123 e. The quantitative estimate of drug-likeness (QED) is 0.861. The zero-order valence-corrected chi connectivity index (χ0v) is 12.4. The third-order valence-corrected chi connectivity index (χ3v) is 3.76. The third kappa shape index (κ3) is 2.91. The molecular weight excluding hydrogens is 249 g/mol. The molecule has 0 fully saturated rings. The van der Waals surface area contributed by atoms with Crippen LogP contribution >= 0.6 is 0 Å². The lowest BCUT2D eigenvalue weighted by atomic mass is 9.90. The van der Waals surface area contributed by atoms with Crippen LogP contribution in [0.5, 0.6) is 0 Å². The van der Waals surface area contributed by atoms with Crippen LogP contribution in [0, 0.1) is 5.82 Å². The predicted octanol–water partition coefficient (Wildman–Crippen LogP) is 4.64. The van der Waals surface area contributed by atoms with Crippen LogP contribution in [0.4, 0.5) is 4.39 Å². The van der Waals surface area contributed by atoms with Gasteiger partial charge in [-0.1, -0.05) is 38.1 Å². The summed E-state index contributed by atoms with van der Waals surface area (Å²) in [5.41, 5.74) is 11.6. The van der Waals surface area contributed by atoms with E-state index in [0.29, 0.717) is 0 Å². The zero-order valence-electron chi connectivity index (χ0n) is 12.4. The molecule has 2 aromatic rings. The number of rotatable bonds is 4. The molecule has 1 unspecified atom stereocenters. The first-order valence-electron chi connectivity index (χ1n) is 7.24. The van der Waals surface area contributed by atoms with Gasteiger partial charge < -0.3 is 5.73 Å². The Morgan fingerprint density at radius 1 is 1.00 bits per heavy atom. The van der Waals surface area contributed by atoms with Crippen molar-refractivity contribution in [3.63, 3.8) is 0 Å². The molecule has 2 aromatic carbocycles. The van der Waals surface area contributed by atoms with Crippen molar-refractivity contribution in [1.82, 2.24) is 0 Å². The van der Waals surface area contributed by atoms with Gasteiger partial charge in [0.15, 0.2) is 0 Å². The van der Waals surface area contributed by atoms with E-state index in [2.05, 4.69) is 32.0 Å². The summed E-state index contributed by atoms with van der Waals surface area (Å²) in [6.07, 6.45) is 1.90. The molecule has 0 aromatic heterocycles. The van der Waals surface area contributed by atoms with Gasteiger partial charge in [0.05, 0.1) is 0 Å². The fourth-order valence-corrected chi connectivity index (χ4v) is 2.56. The molecule has 0 saturated heterocycles. The molecule has 106 valence electrons. The molecular formula is C18H22FN. The predicted molar refractivity (Wildman–Crippen MR) is 83.2 cm³/mol. The molecule has 0 aliphatic rings. The monoisotopic (exact) mass is 271 g/mol. The van der Waals surface area contributed by atoms with E-state index in [1.165, 1.54) is 17.2 Å². The second-order valence-corrected chi connectivity index (χ2v) is 5.22. The first-order chi connectivity index (χ1) is 9.56. The zero-order chi connectivity index (χ0) is 14.7. The highest BCUT2D eigenvalue weighted by Crippen LogP contribution is 2.32. The standard InChI is InChI=1S/C18H22FN/c1-4-13-6-7-14(5-2)17(10-13)18-11-15(19)8-9-16(18)12(3)20/h6-12H,4-5,20H2,1-3H3. The maximum Gasteiger partial charge on any atom is 0.123 e. The average Bonchev–Trinajstić information content (AvgIpc) is 2.46. The van der Waals surface area contributed by atoms with Gasteiger partial charge in [-0.05, 0) is 59.7 Å². The molecule has 1 atom stereocenters. The molecule has 2 N–H and O–H groups in total. The van der Waals surface area contributed by atoms with Gasteiger partial charge in [0.2, 0.25) is 0 Å². The highest BCUT2D eigenvalue weighted by Gasteiger charge is 2.13. The van der Waals surface area contributed by atoms with E-state index in [1.54, 1.807) is 12.1 Å². The Bertz CT molecular complexity index is 602. The fourth-order valence-electron chi connectivity index (χ4n) is 2.56. The summed E-state index contributed by atoms with van der Waals surface area (Å²) in [6, 6.07) is 11.2. The summed E-state index contributed by atoms with van der Waals surface area (Å²) in [6.45, 7) is 6.18. The van der Waals surface area contributed by atoms with Gasteiger partial charge in [-0.25, -0.2) is 4.39 Å². The Morgan fingerprint density at radius 3 is 2.35 bits per heavy atom. The Labute approximate surface area is 120 Å². The van der Waals surface area contributed by atoms with E-state index in [4.69, 9.17) is 5.73 Å². The van der Waals surface area contributed by atoms with Gasteiger partial charge in [-0.15, -0.1) is 0 Å². The van der Waals surface area contributed by atoms with E-state index in [1.807, 2.05) is 6.92 Å². The van der Waals surface area contributed by atoms with Crippen LogP contribution < -0.4 is 5.73 Å². The van der Waals surface area contributed by atoms with Gasteiger partial charge in [0.1, 0.15) is 5.82 Å². The average molecular weight is 271 g/mol. The first-order valence-corrected chi connectivity index (χ1v) is 7.24. The Balaban J connectivity index is 2.68. The molecule has 20 heavy (non-hydrogen) atoms. The van der Waals surface area contributed by atoms with E-state index >= 15 is 0 Å². The number of hydrogen-bond acceptors (Lipinski definition) is 1. The topological polar surface area (TPSA) is 26.0 Å². The number of halogens is 1. The lowest BCUT2D eigenvalue weighted by Gasteiger charge is -2.17. The summed E-state index contributed by atoms with van der Waals surface area (Å²) in [4.78, 5) is 0. The van der Waals surface area contributed by atoms with Crippen LogP contribution in [0.25, 0.3) is 11.1 Å². The van der Waals surface area contributed by atoms with Crippen LogP contribution in [0.3, 0.4) is 0 Å². The number of benzene rings is 2. The molecule has 0 saturated carbocycles. The van der Waals surface area contributed by atoms with Crippen molar-refractivity contribution in [2.75, 3.05) is 0 Å². The van der Waals surface area contributed by atoms with Crippen LogP contribution in [0.1, 0.15) is 43.5 Å². The summed E-state index contributed by atoms with van der Waals surface area (Å²) in [5.74, 6) is -0.214. The van der Waals surface area contributed by atoms with Gasteiger partial charge >= 0.3 is 0 Å². The summed E-state index contributed by atoms with van der Waals surface area (Å²) in [5, 5.41) is 0. The molecule has 1 nitrogen and oxygen atoms in total. The number of nitrogens with two attached hydrogens (primary N) is 1. The molecule has 0 heterocycles. The molecule has 2 rings (SSSR count). The molecule has 0 radical (unpaired) electrons. The van der Waals surface area contributed by atoms with Crippen LogP contribution in [0.2, 0.25) is 0 Å². The van der Waals surface area contributed by atoms with Crippen molar-refractivity contribution in [3.05, 3.63) is 58.9 Å². The lowest BCUT2D eigenvalue weighted by molar-refractivity contribution is 0.626. The van der Waals surface area contributed by atoms with Crippen molar-refractivity contribution < 1.29 is 4.39 Å². The minimum Gasteiger partial charge on any atom is -0.324 e. The van der Waals surface area contributed by atoms with Crippen LogP contribution in [-0.4, -0.2) is 0 Å². The number of aryl methyl sites for hydroxylation is 2. The maximum atomic E-state index is 13.7. The largest absolute Gasteiger partial charge is 0.324 e. The summed E-state index contributed by atoms with van der Waals surface area (Å²) < 4.78 is 13.7. The van der Waals surface area contributed by atoms with Crippen molar-refractivity contribution in [2.45, 2.75) is 39.7 Å². The second kappa shape index (κ2) is 6.19. The molecule has 0 amide bonds. The van der Waals surface area contributed by atoms with Crippen molar-refractivity contribution in [3.8, 4) is 11.1 Å². The normalized spacial score (nSPS) is 12.4. The SMILES string of the molecule is CCc1ccc(CC)c(-c2cc(F)ccc2C(C)N)c1. The van der Waals surface area contributed by atoms with Crippen molar-refractivity contribution in [2.24, 2.45) is 5.73 Å². The van der Waals surface area contributed by atoms with Crippen LogP contribution in [-0.2, 0) is 12.8 Å². The highest BCUT2D eigenvalue weighted by atomic mass is 19.1. The van der Waals surface area contributed by atoms with Crippen molar-refractivity contribution in [1.29, 1.82) is 0 Å². The van der Waals surface area contributed by atoms with E-state index in [9.17, 15) is 4.39 Å². The number of hydrogen-bond donors (Lipinski definition) is 1. The molecule has 2 heteroatoms. The Kier molecular flexibility index (Phi) is 4.56.